The lowest BCUT2D eigenvalue weighted by Gasteiger charge is -2.12. The van der Waals surface area contributed by atoms with E-state index in [1.165, 1.54) is 43.5 Å². The Kier molecular flexibility index (Phi) is 6.33. The first kappa shape index (κ1) is 23.0. The Balaban J connectivity index is 1.55. The fourth-order valence-electron chi connectivity index (χ4n) is 3.24. The number of anilines is 2. The molecule has 0 spiro atoms. The van der Waals surface area contributed by atoms with Gasteiger partial charge >= 0.3 is 6.01 Å². The molecule has 0 saturated heterocycles. The van der Waals surface area contributed by atoms with Crippen LogP contribution in [-0.4, -0.2) is 31.6 Å². The van der Waals surface area contributed by atoms with Crippen LogP contribution in [0.3, 0.4) is 0 Å². The number of carbonyl (C=O) groups is 1. The van der Waals surface area contributed by atoms with Crippen molar-refractivity contribution in [2.75, 3.05) is 17.1 Å². The molecule has 0 unspecified atom stereocenters. The molecule has 34 heavy (non-hydrogen) atoms. The van der Waals surface area contributed by atoms with Gasteiger partial charge in [0.1, 0.15) is 5.75 Å². The van der Waals surface area contributed by atoms with E-state index in [9.17, 15) is 13.2 Å². The molecular formula is C24H22N4O5S. The van der Waals surface area contributed by atoms with Crippen molar-refractivity contribution in [3.8, 4) is 17.2 Å². The van der Waals surface area contributed by atoms with Gasteiger partial charge in [0.05, 0.1) is 23.3 Å². The zero-order chi connectivity index (χ0) is 24.3. The van der Waals surface area contributed by atoms with Crippen LogP contribution in [0.15, 0.2) is 76.0 Å². The third kappa shape index (κ3) is 4.91. The van der Waals surface area contributed by atoms with Crippen LogP contribution in [-0.2, 0) is 10.0 Å². The van der Waals surface area contributed by atoms with E-state index in [-0.39, 0.29) is 28.1 Å². The Hall–Kier alpha value is -4.18. The van der Waals surface area contributed by atoms with Gasteiger partial charge in [-0.1, -0.05) is 34.9 Å². The van der Waals surface area contributed by atoms with Gasteiger partial charge < -0.3 is 9.15 Å². The van der Waals surface area contributed by atoms with E-state index in [4.69, 9.17) is 9.15 Å². The van der Waals surface area contributed by atoms with Crippen molar-refractivity contribution < 1.29 is 22.4 Å². The highest BCUT2D eigenvalue weighted by Crippen LogP contribution is 2.26. The molecule has 0 fully saturated rings. The number of para-hydroxylation sites is 1. The maximum absolute atomic E-state index is 12.9. The second-order valence-electron chi connectivity index (χ2n) is 7.51. The molecule has 2 N–H and O–H groups in total. The summed E-state index contributed by atoms with van der Waals surface area (Å²) in [6.45, 7) is 3.87. The number of aryl methyl sites for hydroxylation is 2. The molecule has 0 radical (unpaired) electrons. The lowest BCUT2D eigenvalue weighted by atomic mass is 10.1. The van der Waals surface area contributed by atoms with Crippen molar-refractivity contribution in [3.63, 3.8) is 0 Å². The summed E-state index contributed by atoms with van der Waals surface area (Å²) in [6.07, 6.45) is 0. The maximum Gasteiger partial charge on any atom is 0.322 e. The zero-order valence-electron chi connectivity index (χ0n) is 18.7. The minimum atomic E-state index is -3.94. The van der Waals surface area contributed by atoms with Crippen LogP contribution in [0.5, 0.6) is 5.75 Å². The first-order valence-corrected chi connectivity index (χ1v) is 11.7. The summed E-state index contributed by atoms with van der Waals surface area (Å²) in [7, 11) is -2.45. The van der Waals surface area contributed by atoms with Gasteiger partial charge in [0.25, 0.3) is 15.9 Å². The Labute approximate surface area is 196 Å². The third-order valence-electron chi connectivity index (χ3n) is 5.05. The van der Waals surface area contributed by atoms with Crippen molar-refractivity contribution in [3.05, 3.63) is 83.4 Å². The highest BCUT2D eigenvalue weighted by Gasteiger charge is 2.20. The maximum atomic E-state index is 12.9. The number of nitrogens with one attached hydrogen (secondary N) is 2. The molecule has 3 aromatic carbocycles. The highest BCUT2D eigenvalue weighted by atomic mass is 32.2. The molecule has 9 nitrogen and oxygen atoms in total. The molecule has 0 atom stereocenters. The van der Waals surface area contributed by atoms with Gasteiger partial charge in [-0.2, -0.15) is 0 Å². The number of methoxy groups -OCH3 is 1. The number of rotatable bonds is 7. The van der Waals surface area contributed by atoms with E-state index in [0.29, 0.717) is 5.75 Å². The Morgan fingerprint density at radius 1 is 0.971 bits per heavy atom. The van der Waals surface area contributed by atoms with Crippen molar-refractivity contribution in [2.45, 2.75) is 18.7 Å². The summed E-state index contributed by atoms with van der Waals surface area (Å²) in [5.74, 6) is 0.188. The predicted molar refractivity (Wildman–Crippen MR) is 127 cm³/mol. The number of carbonyl (C=O) groups excluding carboxylic acids is 1. The molecule has 1 amide bonds. The molecule has 1 heterocycles. The van der Waals surface area contributed by atoms with Gasteiger partial charge in [0, 0.05) is 5.56 Å². The molecule has 0 aliphatic carbocycles. The molecule has 0 bridgehead atoms. The fourth-order valence-corrected chi connectivity index (χ4v) is 4.32. The summed E-state index contributed by atoms with van der Waals surface area (Å²) in [6, 6.07) is 17.9. The number of nitrogens with zero attached hydrogens (tertiary/aromatic N) is 2. The van der Waals surface area contributed by atoms with Crippen LogP contribution >= 0.6 is 0 Å². The molecule has 0 saturated carbocycles. The highest BCUT2D eigenvalue weighted by molar-refractivity contribution is 7.92. The minimum absolute atomic E-state index is 0.0265. The number of benzene rings is 3. The van der Waals surface area contributed by atoms with Gasteiger partial charge in [0.15, 0.2) is 0 Å². The van der Waals surface area contributed by atoms with Crippen molar-refractivity contribution in [2.24, 2.45) is 0 Å². The largest absolute Gasteiger partial charge is 0.497 e. The van der Waals surface area contributed by atoms with Gasteiger partial charge in [-0.25, -0.2) is 8.42 Å². The number of aromatic nitrogens is 2. The van der Waals surface area contributed by atoms with E-state index in [2.05, 4.69) is 20.2 Å². The van der Waals surface area contributed by atoms with Crippen LogP contribution in [0.2, 0.25) is 0 Å². The lowest BCUT2D eigenvalue weighted by molar-refractivity contribution is 0.102. The second kappa shape index (κ2) is 9.36. The van der Waals surface area contributed by atoms with Crippen LogP contribution in [0.1, 0.15) is 21.5 Å². The number of ether oxygens (including phenoxy) is 1. The molecule has 0 aliphatic rings. The summed E-state index contributed by atoms with van der Waals surface area (Å²) in [5.41, 5.74) is 2.93. The summed E-state index contributed by atoms with van der Waals surface area (Å²) in [4.78, 5) is 12.9. The number of amides is 1. The Morgan fingerprint density at radius 2 is 1.71 bits per heavy atom. The smallest absolute Gasteiger partial charge is 0.322 e. The van der Waals surface area contributed by atoms with E-state index >= 15 is 0 Å². The first-order valence-electron chi connectivity index (χ1n) is 10.3. The Morgan fingerprint density at radius 3 is 2.44 bits per heavy atom. The van der Waals surface area contributed by atoms with Crippen LogP contribution in [0.25, 0.3) is 11.5 Å². The third-order valence-corrected chi connectivity index (χ3v) is 6.44. The number of hydrogen-bond acceptors (Lipinski definition) is 7. The van der Waals surface area contributed by atoms with Crippen molar-refractivity contribution in [1.29, 1.82) is 0 Å². The van der Waals surface area contributed by atoms with E-state index in [1.54, 1.807) is 12.1 Å². The molecule has 0 aliphatic heterocycles. The molecule has 10 heteroatoms. The average molecular weight is 479 g/mol. The van der Waals surface area contributed by atoms with Gasteiger partial charge in [-0.15, -0.1) is 5.10 Å². The van der Waals surface area contributed by atoms with Gasteiger partial charge in [-0.05, 0) is 61.9 Å². The van der Waals surface area contributed by atoms with E-state index in [0.717, 1.165) is 16.7 Å². The van der Waals surface area contributed by atoms with Crippen molar-refractivity contribution >= 4 is 27.6 Å². The van der Waals surface area contributed by atoms with Crippen LogP contribution in [0.4, 0.5) is 11.7 Å². The van der Waals surface area contributed by atoms with E-state index in [1.807, 2.05) is 32.0 Å². The van der Waals surface area contributed by atoms with Gasteiger partial charge in [0.2, 0.25) is 5.89 Å². The molecule has 1 aromatic heterocycles. The molecular weight excluding hydrogens is 456 g/mol. The topological polar surface area (TPSA) is 123 Å². The van der Waals surface area contributed by atoms with Crippen LogP contribution < -0.4 is 14.8 Å². The minimum Gasteiger partial charge on any atom is -0.497 e. The summed E-state index contributed by atoms with van der Waals surface area (Å²) in [5, 5.41) is 10.4. The number of sulfonamides is 1. The van der Waals surface area contributed by atoms with Crippen molar-refractivity contribution in [1.82, 2.24) is 10.2 Å². The monoisotopic (exact) mass is 478 g/mol. The first-order chi connectivity index (χ1) is 16.3. The van der Waals surface area contributed by atoms with Crippen LogP contribution in [0, 0.1) is 13.8 Å². The SMILES string of the molecule is COc1ccc(S(=O)(=O)Nc2ccccc2C(=O)Nc2nnc(-c3cc(C)ccc3C)o2)cc1. The average Bonchev–Trinajstić information content (AvgIpc) is 3.29. The van der Waals surface area contributed by atoms with Gasteiger partial charge in [-0.3, -0.25) is 14.8 Å². The normalized spacial score (nSPS) is 11.1. The quantitative estimate of drug-likeness (QED) is 0.403. The zero-order valence-corrected chi connectivity index (χ0v) is 19.5. The molecule has 174 valence electrons. The Bertz CT molecular complexity index is 1450. The summed E-state index contributed by atoms with van der Waals surface area (Å²) >= 11 is 0. The predicted octanol–water partition coefficient (Wildman–Crippen LogP) is 4.42. The van der Waals surface area contributed by atoms with E-state index < -0.39 is 15.9 Å². The standard InChI is InChI=1S/C24H22N4O5S/c1-15-8-9-16(2)20(14-15)23-26-27-24(33-23)25-22(29)19-6-4-5-7-21(19)28-34(30,31)18-12-10-17(32-3)11-13-18/h4-14,28H,1-3H3,(H,25,27,29). The fraction of sp³-hybridized carbons (Fsp3) is 0.125. The molecule has 4 aromatic rings. The number of hydrogen-bond donors (Lipinski definition) is 2. The lowest BCUT2D eigenvalue weighted by Crippen LogP contribution is -2.18. The second-order valence-corrected chi connectivity index (χ2v) is 9.19. The summed E-state index contributed by atoms with van der Waals surface area (Å²) < 4.78 is 38.8. The molecule has 4 rings (SSSR count).